The first-order chi connectivity index (χ1) is 21.9. The van der Waals surface area contributed by atoms with Crippen LogP contribution in [0, 0.1) is 13.8 Å². The number of hydrogen-bond acceptors (Lipinski definition) is 4. The summed E-state index contributed by atoms with van der Waals surface area (Å²) in [5.74, 6) is -0.877. The minimum atomic E-state index is -4.24. The summed E-state index contributed by atoms with van der Waals surface area (Å²) in [6.45, 7) is 6.94. The largest absolute Gasteiger partial charge is 0.352 e. The van der Waals surface area contributed by atoms with E-state index in [1.165, 1.54) is 17.0 Å². The van der Waals surface area contributed by atoms with Gasteiger partial charge in [-0.3, -0.25) is 13.9 Å². The molecule has 0 aliphatic rings. The molecule has 0 saturated carbocycles. The molecule has 242 valence electrons. The summed E-state index contributed by atoms with van der Waals surface area (Å²) in [5.41, 5.74) is 3.27. The van der Waals surface area contributed by atoms with Crippen molar-refractivity contribution in [3.05, 3.63) is 129 Å². The minimum absolute atomic E-state index is 0.0323. The second kappa shape index (κ2) is 15.6. The number of hydrogen-bond donors (Lipinski definition) is 1. The lowest BCUT2D eigenvalue weighted by atomic mass is 10.0. The Morgan fingerprint density at radius 1 is 0.826 bits per heavy atom. The van der Waals surface area contributed by atoms with Crippen LogP contribution >= 0.6 is 23.2 Å². The number of halogens is 2. The third kappa shape index (κ3) is 8.69. The van der Waals surface area contributed by atoms with Crippen LogP contribution in [0.25, 0.3) is 0 Å². The van der Waals surface area contributed by atoms with Crippen LogP contribution < -0.4 is 9.62 Å². The van der Waals surface area contributed by atoms with Gasteiger partial charge >= 0.3 is 0 Å². The second-order valence-corrected chi connectivity index (χ2v) is 14.1. The van der Waals surface area contributed by atoms with Gasteiger partial charge in [0.2, 0.25) is 11.8 Å². The molecule has 0 unspecified atom stereocenters. The summed E-state index contributed by atoms with van der Waals surface area (Å²) in [6, 6.07) is 26.8. The lowest BCUT2D eigenvalue weighted by Gasteiger charge is -2.34. The van der Waals surface area contributed by atoms with Crippen LogP contribution in [0.2, 0.25) is 10.0 Å². The zero-order chi connectivity index (χ0) is 33.4. The minimum Gasteiger partial charge on any atom is -0.352 e. The lowest BCUT2D eigenvalue weighted by molar-refractivity contribution is -0.140. The monoisotopic (exact) mass is 679 g/mol. The quantitative estimate of drug-likeness (QED) is 0.160. The van der Waals surface area contributed by atoms with E-state index in [0.29, 0.717) is 22.0 Å². The third-order valence-corrected chi connectivity index (χ3v) is 10.4. The Hall–Kier alpha value is -3.85. The van der Waals surface area contributed by atoms with Crippen molar-refractivity contribution < 1.29 is 18.0 Å². The van der Waals surface area contributed by atoms with Crippen molar-refractivity contribution in [3.63, 3.8) is 0 Å². The highest BCUT2D eigenvalue weighted by Crippen LogP contribution is 2.31. The molecule has 0 aliphatic heterocycles. The highest BCUT2D eigenvalue weighted by atomic mass is 35.5. The van der Waals surface area contributed by atoms with E-state index in [0.717, 1.165) is 21.0 Å². The fourth-order valence-electron chi connectivity index (χ4n) is 5.00. The van der Waals surface area contributed by atoms with E-state index in [4.69, 9.17) is 23.2 Å². The van der Waals surface area contributed by atoms with Crippen LogP contribution in [-0.2, 0) is 32.6 Å². The van der Waals surface area contributed by atoms with Gasteiger partial charge in [-0.1, -0.05) is 96.4 Å². The Balaban J connectivity index is 1.83. The van der Waals surface area contributed by atoms with Crippen LogP contribution in [0.15, 0.2) is 102 Å². The van der Waals surface area contributed by atoms with E-state index in [-0.39, 0.29) is 35.5 Å². The van der Waals surface area contributed by atoms with Crippen molar-refractivity contribution in [2.24, 2.45) is 0 Å². The zero-order valence-corrected chi connectivity index (χ0v) is 28.7. The predicted octanol–water partition coefficient (Wildman–Crippen LogP) is 7.36. The maximum absolute atomic E-state index is 14.6. The molecular formula is C36H39Cl2N3O4S. The number of sulfonamides is 1. The van der Waals surface area contributed by atoms with Gasteiger partial charge in [0.05, 0.1) is 10.6 Å². The Morgan fingerprint density at radius 3 is 2.11 bits per heavy atom. The van der Waals surface area contributed by atoms with E-state index in [2.05, 4.69) is 5.32 Å². The SMILES string of the molecule is CC[C@H](C)NC(=O)[C@@H](Cc1ccccc1)N(Cc1ccc(Cl)cc1)C(=O)CN(c1cccc(Cl)c1C)S(=O)(=O)c1ccc(C)cc1. The number of anilines is 1. The molecule has 2 amide bonds. The Kier molecular flexibility index (Phi) is 11.9. The number of carbonyl (C=O) groups is 2. The molecule has 0 saturated heterocycles. The van der Waals surface area contributed by atoms with Gasteiger partial charge < -0.3 is 10.2 Å². The molecule has 1 N–H and O–H groups in total. The maximum atomic E-state index is 14.6. The molecule has 0 fully saturated rings. The average molecular weight is 681 g/mol. The molecule has 10 heteroatoms. The van der Waals surface area contributed by atoms with Gasteiger partial charge in [-0.15, -0.1) is 0 Å². The topological polar surface area (TPSA) is 86.8 Å². The highest BCUT2D eigenvalue weighted by molar-refractivity contribution is 7.92. The number of carbonyl (C=O) groups excluding carboxylic acids is 2. The third-order valence-electron chi connectivity index (χ3n) is 7.93. The van der Waals surface area contributed by atoms with Crippen molar-refractivity contribution in [1.29, 1.82) is 0 Å². The summed E-state index contributed by atoms with van der Waals surface area (Å²) in [7, 11) is -4.24. The molecule has 46 heavy (non-hydrogen) atoms. The van der Waals surface area contributed by atoms with Gasteiger partial charge in [-0.05, 0) is 80.3 Å². The standard InChI is InChI=1S/C36H39Cl2N3O4S/c1-5-26(3)39-36(43)34(22-28-10-7-6-8-11-28)40(23-29-16-18-30(37)19-17-29)35(42)24-41(33-13-9-12-32(38)27(33)4)46(44,45)31-20-14-25(2)15-21-31/h6-21,26,34H,5,22-24H2,1-4H3,(H,39,43)/t26-,34+/m0/s1. The number of aryl methyl sites for hydroxylation is 1. The summed E-state index contributed by atoms with van der Waals surface area (Å²) in [6.07, 6.45) is 0.925. The first-order valence-electron chi connectivity index (χ1n) is 15.1. The van der Waals surface area contributed by atoms with Crippen molar-refractivity contribution in [3.8, 4) is 0 Å². The first-order valence-corrected chi connectivity index (χ1v) is 17.3. The van der Waals surface area contributed by atoms with Crippen molar-refractivity contribution >= 4 is 50.7 Å². The van der Waals surface area contributed by atoms with E-state index < -0.39 is 28.5 Å². The van der Waals surface area contributed by atoms with Gasteiger partial charge in [-0.25, -0.2) is 8.42 Å². The predicted molar refractivity (Wildman–Crippen MR) is 186 cm³/mol. The molecule has 0 bridgehead atoms. The van der Waals surface area contributed by atoms with Gasteiger partial charge in [0.15, 0.2) is 0 Å². The summed E-state index contributed by atoms with van der Waals surface area (Å²) >= 11 is 12.6. The van der Waals surface area contributed by atoms with Gasteiger partial charge in [0, 0.05) is 29.1 Å². The average Bonchev–Trinajstić information content (AvgIpc) is 3.04. The van der Waals surface area contributed by atoms with E-state index in [9.17, 15) is 18.0 Å². The van der Waals surface area contributed by atoms with E-state index >= 15 is 0 Å². The fraction of sp³-hybridized carbons (Fsp3) is 0.278. The lowest BCUT2D eigenvalue weighted by Crippen LogP contribution is -2.54. The number of rotatable bonds is 13. The molecule has 0 aromatic heterocycles. The van der Waals surface area contributed by atoms with Crippen LogP contribution in [0.1, 0.15) is 42.5 Å². The highest BCUT2D eigenvalue weighted by Gasteiger charge is 2.35. The molecular weight excluding hydrogens is 641 g/mol. The van der Waals surface area contributed by atoms with Gasteiger partial charge in [-0.2, -0.15) is 0 Å². The molecule has 0 aliphatic carbocycles. The van der Waals surface area contributed by atoms with Gasteiger partial charge in [0.1, 0.15) is 12.6 Å². The number of nitrogens with one attached hydrogen (secondary N) is 1. The van der Waals surface area contributed by atoms with E-state index in [1.807, 2.05) is 51.1 Å². The van der Waals surface area contributed by atoms with Crippen LogP contribution in [0.4, 0.5) is 5.69 Å². The number of benzene rings is 4. The smallest absolute Gasteiger partial charge is 0.264 e. The van der Waals surface area contributed by atoms with E-state index in [1.54, 1.807) is 61.5 Å². The molecule has 0 spiro atoms. The molecule has 7 nitrogen and oxygen atoms in total. The molecule has 4 aromatic carbocycles. The Bertz CT molecular complexity index is 1750. The van der Waals surface area contributed by atoms with Crippen molar-refractivity contribution in [1.82, 2.24) is 10.2 Å². The number of nitrogens with zero attached hydrogens (tertiary/aromatic N) is 2. The molecule has 0 radical (unpaired) electrons. The molecule has 0 heterocycles. The van der Waals surface area contributed by atoms with Crippen molar-refractivity contribution in [2.75, 3.05) is 10.8 Å². The molecule has 4 aromatic rings. The van der Waals surface area contributed by atoms with Gasteiger partial charge in [0.25, 0.3) is 10.0 Å². The molecule has 4 rings (SSSR count). The zero-order valence-electron chi connectivity index (χ0n) is 26.4. The van der Waals surface area contributed by atoms with Crippen molar-refractivity contribution in [2.45, 2.75) is 64.1 Å². The summed E-state index contributed by atoms with van der Waals surface area (Å²) in [4.78, 5) is 30.0. The summed E-state index contributed by atoms with van der Waals surface area (Å²) < 4.78 is 29.6. The Labute approximate surface area is 282 Å². The fourth-order valence-corrected chi connectivity index (χ4v) is 6.77. The normalized spacial score (nSPS) is 12.7. The number of amides is 2. The Morgan fingerprint density at radius 2 is 1.48 bits per heavy atom. The second-order valence-electron chi connectivity index (χ2n) is 11.4. The first kappa shape index (κ1) is 35.0. The van der Waals surface area contributed by atoms with Crippen LogP contribution in [0.5, 0.6) is 0 Å². The molecule has 2 atom stereocenters. The maximum Gasteiger partial charge on any atom is 0.264 e. The van der Waals surface area contributed by atoms with Crippen LogP contribution in [0.3, 0.4) is 0 Å². The van der Waals surface area contributed by atoms with Crippen LogP contribution in [-0.4, -0.2) is 43.8 Å². The summed E-state index contributed by atoms with van der Waals surface area (Å²) in [5, 5.41) is 3.93.